The first-order chi connectivity index (χ1) is 13.8. The van der Waals surface area contributed by atoms with Crippen molar-refractivity contribution in [2.45, 2.75) is 39.7 Å². The fourth-order valence-electron chi connectivity index (χ4n) is 2.85. The molecule has 0 bridgehead atoms. The summed E-state index contributed by atoms with van der Waals surface area (Å²) >= 11 is 0. The number of fused-ring (bicyclic) bond motifs is 1. The second kappa shape index (κ2) is 8.77. The molecule has 0 saturated carbocycles. The number of aromatic nitrogens is 1. The van der Waals surface area contributed by atoms with E-state index in [0.717, 1.165) is 0 Å². The van der Waals surface area contributed by atoms with Gasteiger partial charge in [0.2, 0.25) is 5.91 Å². The summed E-state index contributed by atoms with van der Waals surface area (Å²) in [5.74, 6) is 0.441. The lowest BCUT2D eigenvalue weighted by Gasteiger charge is -2.22. The molecule has 0 fully saturated rings. The third kappa shape index (κ3) is 5.13. The highest BCUT2D eigenvalue weighted by Crippen LogP contribution is 2.24. The van der Waals surface area contributed by atoms with E-state index >= 15 is 0 Å². The van der Waals surface area contributed by atoms with E-state index in [2.05, 4.69) is 20.9 Å². The zero-order valence-electron chi connectivity index (χ0n) is 17.0. The summed E-state index contributed by atoms with van der Waals surface area (Å²) in [5, 5.41) is 8.34. The Balaban J connectivity index is 1.69. The lowest BCUT2D eigenvalue weighted by molar-refractivity contribution is -0.118. The Bertz CT molecular complexity index is 996. The predicted molar refractivity (Wildman–Crippen MR) is 114 cm³/mol. The zero-order chi connectivity index (χ0) is 21.0. The normalized spacial score (nSPS) is 12.2. The van der Waals surface area contributed by atoms with Crippen LogP contribution in [0, 0.1) is 5.92 Å². The van der Waals surface area contributed by atoms with E-state index in [0.29, 0.717) is 28.4 Å². The van der Waals surface area contributed by atoms with E-state index in [1.807, 2.05) is 45.9 Å². The molecule has 152 valence electrons. The maximum absolute atomic E-state index is 12.8. The minimum atomic E-state index is -0.696. The molecule has 7 heteroatoms. The average molecular weight is 394 g/mol. The van der Waals surface area contributed by atoms with Gasteiger partial charge in [0.05, 0.1) is 0 Å². The molecule has 0 spiro atoms. The topological polar surface area (TPSA) is 96.3 Å². The molecule has 0 aliphatic rings. The van der Waals surface area contributed by atoms with Gasteiger partial charge in [0.25, 0.3) is 0 Å². The van der Waals surface area contributed by atoms with Crippen LogP contribution >= 0.6 is 0 Å². The third-order valence-electron chi connectivity index (χ3n) is 4.43. The predicted octanol–water partition coefficient (Wildman–Crippen LogP) is 4.74. The minimum Gasteiger partial charge on any atom is -0.440 e. The van der Waals surface area contributed by atoms with Crippen LogP contribution in [0.2, 0.25) is 0 Å². The van der Waals surface area contributed by atoms with Gasteiger partial charge in [-0.15, -0.1) is 0 Å². The summed E-state index contributed by atoms with van der Waals surface area (Å²) in [4.78, 5) is 29.6. The molecule has 0 aliphatic carbocycles. The lowest BCUT2D eigenvalue weighted by Crippen LogP contribution is -2.48. The molecule has 0 aliphatic heterocycles. The number of para-hydroxylation sites is 1. The van der Waals surface area contributed by atoms with Crippen LogP contribution in [0.4, 0.5) is 16.2 Å². The first-order valence-corrected chi connectivity index (χ1v) is 9.67. The Morgan fingerprint density at radius 1 is 0.931 bits per heavy atom. The molecule has 1 aromatic heterocycles. The molecule has 3 amide bonds. The van der Waals surface area contributed by atoms with Gasteiger partial charge in [-0.3, -0.25) is 4.79 Å². The summed E-state index contributed by atoms with van der Waals surface area (Å²) in [6.45, 7) is 7.77. The monoisotopic (exact) mass is 394 g/mol. The molecular weight excluding hydrogens is 368 g/mol. The Hall–Kier alpha value is -3.35. The van der Waals surface area contributed by atoms with Gasteiger partial charge < -0.3 is 20.4 Å². The first kappa shape index (κ1) is 20.4. The molecule has 1 unspecified atom stereocenters. The van der Waals surface area contributed by atoms with Crippen molar-refractivity contribution < 1.29 is 14.0 Å². The van der Waals surface area contributed by atoms with Crippen LogP contribution in [-0.2, 0) is 4.79 Å². The number of hydrogen-bond acceptors (Lipinski definition) is 4. The third-order valence-corrected chi connectivity index (χ3v) is 4.43. The Labute approximate surface area is 169 Å². The number of amides is 3. The summed E-state index contributed by atoms with van der Waals surface area (Å²) < 4.78 is 5.70. The number of nitrogens with zero attached hydrogens (tertiary/aromatic N) is 1. The van der Waals surface area contributed by atoms with Crippen LogP contribution < -0.4 is 16.0 Å². The number of benzene rings is 2. The van der Waals surface area contributed by atoms with E-state index in [4.69, 9.17) is 4.42 Å². The molecule has 7 nitrogen and oxygen atoms in total. The van der Waals surface area contributed by atoms with Crippen molar-refractivity contribution in [3.8, 4) is 0 Å². The fraction of sp³-hybridized carbons (Fsp3) is 0.318. The summed E-state index contributed by atoms with van der Waals surface area (Å²) in [7, 11) is 0. The van der Waals surface area contributed by atoms with Crippen molar-refractivity contribution in [2.75, 3.05) is 10.6 Å². The highest BCUT2D eigenvalue weighted by atomic mass is 16.3. The number of urea groups is 1. The number of nitrogens with one attached hydrogen (secondary N) is 3. The largest absolute Gasteiger partial charge is 0.440 e. The fourth-order valence-corrected chi connectivity index (χ4v) is 2.85. The number of carbonyl (C=O) groups excluding carboxylic acids is 2. The Morgan fingerprint density at radius 3 is 2.31 bits per heavy atom. The van der Waals surface area contributed by atoms with Gasteiger partial charge in [0.15, 0.2) is 11.5 Å². The van der Waals surface area contributed by atoms with Gasteiger partial charge >= 0.3 is 6.03 Å². The second-order valence-electron chi connectivity index (χ2n) is 7.56. The quantitative estimate of drug-likeness (QED) is 0.563. The van der Waals surface area contributed by atoms with Crippen LogP contribution in [-0.4, -0.2) is 23.0 Å². The van der Waals surface area contributed by atoms with Crippen LogP contribution in [0.25, 0.3) is 11.1 Å². The van der Waals surface area contributed by atoms with Crippen LogP contribution in [0.1, 0.15) is 39.5 Å². The van der Waals surface area contributed by atoms with Crippen LogP contribution in [0.15, 0.2) is 52.9 Å². The highest BCUT2D eigenvalue weighted by molar-refractivity contribution is 6.00. The van der Waals surface area contributed by atoms with Crippen molar-refractivity contribution in [1.82, 2.24) is 10.3 Å². The summed E-state index contributed by atoms with van der Waals surface area (Å²) in [6.07, 6.45) is 0. The Kier molecular flexibility index (Phi) is 6.16. The van der Waals surface area contributed by atoms with Gasteiger partial charge in [-0.2, -0.15) is 0 Å². The zero-order valence-corrected chi connectivity index (χ0v) is 17.0. The van der Waals surface area contributed by atoms with E-state index in [-0.39, 0.29) is 17.7 Å². The van der Waals surface area contributed by atoms with Gasteiger partial charge in [-0.1, -0.05) is 45.9 Å². The van der Waals surface area contributed by atoms with Crippen LogP contribution in [0.3, 0.4) is 0 Å². The standard InChI is InChI=1S/C22H26N4O3/c1-13(2)19(26-22(28)24-15-8-6-5-7-9-15)20(27)23-16-10-11-18-17(12-16)25-21(29-18)14(3)4/h5-14,19H,1-4H3,(H,23,27)(H2,24,26,28). The molecular formula is C22H26N4O3. The molecule has 1 heterocycles. The number of carbonyl (C=O) groups is 2. The number of hydrogen-bond donors (Lipinski definition) is 3. The average Bonchev–Trinajstić information content (AvgIpc) is 3.10. The van der Waals surface area contributed by atoms with Crippen LogP contribution in [0.5, 0.6) is 0 Å². The molecule has 3 rings (SSSR count). The Morgan fingerprint density at radius 2 is 1.66 bits per heavy atom. The molecule has 29 heavy (non-hydrogen) atoms. The minimum absolute atomic E-state index is 0.0974. The van der Waals surface area contributed by atoms with Gasteiger partial charge in [-0.05, 0) is 36.2 Å². The number of anilines is 2. The number of oxazole rings is 1. The van der Waals surface area contributed by atoms with Gasteiger partial charge in [-0.25, -0.2) is 9.78 Å². The van der Waals surface area contributed by atoms with Gasteiger partial charge in [0, 0.05) is 17.3 Å². The summed E-state index contributed by atoms with van der Waals surface area (Å²) in [6, 6.07) is 13.3. The van der Waals surface area contributed by atoms with Crippen molar-refractivity contribution in [1.29, 1.82) is 0 Å². The van der Waals surface area contributed by atoms with Gasteiger partial charge in [0.1, 0.15) is 11.6 Å². The second-order valence-corrected chi connectivity index (χ2v) is 7.56. The SMILES string of the molecule is CC(C)c1nc2cc(NC(=O)C(NC(=O)Nc3ccccc3)C(C)C)ccc2o1. The summed E-state index contributed by atoms with van der Waals surface area (Å²) in [5.41, 5.74) is 2.61. The van der Waals surface area contributed by atoms with E-state index in [1.54, 1.807) is 30.3 Å². The van der Waals surface area contributed by atoms with E-state index in [9.17, 15) is 9.59 Å². The van der Waals surface area contributed by atoms with Crippen molar-refractivity contribution in [3.63, 3.8) is 0 Å². The lowest BCUT2D eigenvalue weighted by atomic mass is 10.0. The first-order valence-electron chi connectivity index (χ1n) is 9.67. The maximum atomic E-state index is 12.8. The molecule has 3 aromatic rings. The molecule has 1 atom stereocenters. The number of rotatable bonds is 6. The molecule has 0 radical (unpaired) electrons. The van der Waals surface area contributed by atoms with E-state index < -0.39 is 12.1 Å². The van der Waals surface area contributed by atoms with E-state index in [1.165, 1.54) is 0 Å². The van der Waals surface area contributed by atoms with Crippen molar-refractivity contribution in [2.24, 2.45) is 5.92 Å². The molecule has 2 aromatic carbocycles. The van der Waals surface area contributed by atoms with Crippen molar-refractivity contribution >= 4 is 34.4 Å². The highest BCUT2D eigenvalue weighted by Gasteiger charge is 2.24. The molecule has 3 N–H and O–H groups in total. The molecule has 0 saturated heterocycles. The van der Waals surface area contributed by atoms with Crippen molar-refractivity contribution in [3.05, 3.63) is 54.4 Å². The smallest absolute Gasteiger partial charge is 0.319 e. The maximum Gasteiger partial charge on any atom is 0.319 e.